The molecule has 6 heterocycles. The molecule has 0 bridgehead atoms. The normalized spacial score (nSPS) is 9.21. The molecule has 0 aliphatic heterocycles. The SMILES string of the molecule is Cc1ccnc(-c2cc(C(=O)O)ccn2)c1.Cc1ccnc(-c2cc(C)ccn2)c1.Cc1ccnc(-c2cc(C=O)ccn2)c1.O=[N+]([O-])O.O=[Se]=O.[Ag]. The number of hydrogen-bond donors (Lipinski definition) is 2. The first kappa shape index (κ1) is 45.1. The molecule has 6 rings (SSSR count). The van der Waals surface area contributed by atoms with E-state index in [0.29, 0.717) is 17.0 Å². The molecule has 0 atom stereocenters. The Labute approximate surface area is 325 Å². The average Bonchev–Trinajstić information content (AvgIpc) is 3.12. The summed E-state index contributed by atoms with van der Waals surface area (Å²) in [6, 6.07) is 22.1. The van der Waals surface area contributed by atoms with Crippen LogP contribution in [0.3, 0.4) is 0 Å². The molecule has 17 heteroatoms. The molecule has 53 heavy (non-hydrogen) atoms. The molecule has 6 aromatic heterocycles. The molecule has 0 fully saturated rings. The molecule has 0 saturated carbocycles. The summed E-state index contributed by atoms with van der Waals surface area (Å²) in [6.07, 6.45) is 10.9. The van der Waals surface area contributed by atoms with E-state index in [1.165, 1.54) is 29.5 Å². The van der Waals surface area contributed by atoms with E-state index in [4.69, 9.17) is 28.1 Å². The van der Waals surface area contributed by atoms with Crippen LogP contribution in [0.2, 0.25) is 0 Å². The summed E-state index contributed by atoms with van der Waals surface area (Å²) in [4.78, 5) is 55.0. The van der Waals surface area contributed by atoms with Crippen LogP contribution in [-0.2, 0) is 30.0 Å². The Hall–Kier alpha value is -5.90. The first-order chi connectivity index (χ1) is 24.9. The van der Waals surface area contributed by atoms with Crippen molar-refractivity contribution in [2.75, 3.05) is 0 Å². The fourth-order valence-electron chi connectivity index (χ4n) is 4.07. The van der Waals surface area contributed by atoms with Gasteiger partial charge >= 0.3 is 28.5 Å². The number of hydrogen-bond acceptors (Lipinski definition) is 12. The fraction of sp³-hybridized carbons (Fsp3) is 0.111. The third kappa shape index (κ3) is 17.2. The maximum Gasteiger partial charge on any atom is 0 e. The Bertz CT molecular complexity index is 2100. The Morgan fingerprint density at radius 3 is 1.15 bits per heavy atom. The molecule has 0 saturated heterocycles. The maximum absolute atomic E-state index is 10.8. The topological polar surface area (TPSA) is 229 Å². The minimum atomic E-state index is -1.62. The van der Waals surface area contributed by atoms with Gasteiger partial charge in [-0.2, -0.15) is 0 Å². The molecule has 6 aromatic rings. The standard InChI is InChI=1S/C12H10N2O2.C12H10N2O.C12H12N2.Ag.HNO3.O2Se/c1-8-2-4-13-10(6-8)11-7-9(12(15)16)3-5-14-11;1-9-2-4-13-11(6-9)12-7-10(8-15)3-5-14-12;1-9-3-5-13-11(7-9)12-8-10(2)4-6-14-12;;2-1(3)4;1-3-2/h2-7H,1H3,(H,15,16);2-8H,1H3;3-8H,1-2H3;;(H,2,3,4);. The summed E-state index contributed by atoms with van der Waals surface area (Å²) in [5.74, 6) is -0.962. The third-order valence-corrected chi connectivity index (χ3v) is 6.38. The fourth-order valence-corrected chi connectivity index (χ4v) is 4.07. The van der Waals surface area contributed by atoms with Gasteiger partial charge in [0, 0.05) is 65.1 Å². The van der Waals surface area contributed by atoms with Gasteiger partial charge in [0.2, 0.25) is 0 Å². The Morgan fingerprint density at radius 2 is 0.868 bits per heavy atom. The van der Waals surface area contributed by atoms with Crippen molar-refractivity contribution in [2.24, 2.45) is 0 Å². The van der Waals surface area contributed by atoms with Gasteiger partial charge in [0.1, 0.15) is 6.29 Å². The van der Waals surface area contributed by atoms with Crippen molar-refractivity contribution in [2.45, 2.75) is 27.7 Å². The molecule has 0 aliphatic carbocycles. The van der Waals surface area contributed by atoms with Gasteiger partial charge in [0.25, 0.3) is 5.09 Å². The van der Waals surface area contributed by atoms with Crippen molar-refractivity contribution in [1.29, 1.82) is 0 Å². The second-order valence-corrected chi connectivity index (χ2v) is 10.8. The van der Waals surface area contributed by atoms with Crippen LogP contribution in [0.1, 0.15) is 43.0 Å². The van der Waals surface area contributed by atoms with E-state index >= 15 is 0 Å². The number of carboxylic acid groups (broad SMARTS) is 1. The van der Waals surface area contributed by atoms with Gasteiger partial charge < -0.3 is 10.3 Å². The predicted octanol–water partition coefficient (Wildman–Crippen LogP) is 6.21. The van der Waals surface area contributed by atoms with Gasteiger partial charge in [-0.1, -0.05) is 0 Å². The minimum absolute atomic E-state index is 0. The maximum atomic E-state index is 10.8. The zero-order chi connectivity index (χ0) is 38.5. The Morgan fingerprint density at radius 1 is 0.604 bits per heavy atom. The second-order valence-electron chi connectivity index (χ2n) is 10.5. The summed E-state index contributed by atoms with van der Waals surface area (Å²) in [7, 11) is 0. The monoisotopic (exact) mass is 878 g/mol. The van der Waals surface area contributed by atoms with Crippen LogP contribution >= 0.6 is 0 Å². The van der Waals surface area contributed by atoms with Crippen LogP contribution in [0, 0.1) is 37.8 Å². The molecule has 0 aliphatic rings. The number of carbonyl (C=O) groups excluding carboxylic acids is 1. The second kappa shape index (κ2) is 24.3. The van der Waals surface area contributed by atoms with Crippen molar-refractivity contribution >= 4 is 27.1 Å². The van der Waals surface area contributed by atoms with Crippen molar-refractivity contribution in [1.82, 2.24) is 29.9 Å². The van der Waals surface area contributed by atoms with Crippen LogP contribution in [-0.4, -0.2) is 72.4 Å². The van der Waals surface area contributed by atoms with Gasteiger partial charge in [-0.05, 0) is 123 Å². The van der Waals surface area contributed by atoms with Gasteiger partial charge in [0.15, 0.2) is 0 Å². The first-order valence-corrected chi connectivity index (χ1v) is 16.3. The van der Waals surface area contributed by atoms with Crippen LogP contribution in [0.5, 0.6) is 0 Å². The number of aromatic nitrogens is 6. The molecule has 15 nitrogen and oxygen atoms in total. The number of aldehydes is 1. The molecular formula is C36H33AgN7O8Se. The summed E-state index contributed by atoms with van der Waals surface area (Å²) in [6.45, 7) is 8.06. The van der Waals surface area contributed by atoms with Crippen LogP contribution in [0.25, 0.3) is 34.2 Å². The van der Waals surface area contributed by atoms with E-state index in [0.717, 1.165) is 40.2 Å². The molecule has 0 unspecified atom stereocenters. The largest absolute Gasteiger partial charge is 0 e. The molecule has 1 radical (unpaired) electrons. The quantitative estimate of drug-likeness (QED) is 0.0850. The number of aryl methyl sites for hydroxylation is 4. The van der Waals surface area contributed by atoms with E-state index in [2.05, 4.69) is 43.8 Å². The number of nitrogens with zero attached hydrogens (tertiary/aromatic N) is 7. The number of rotatable bonds is 5. The summed E-state index contributed by atoms with van der Waals surface area (Å²) in [5.41, 5.74) is 10.1. The zero-order valence-corrected chi connectivity index (χ0v) is 31.8. The number of carboxylic acids is 1. The van der Waals surface area contributed by atoms with Crippen molar-refractivity contribution in [3.8, 4) is 34.2 Å². The van der Waals surface area contributed by atoms with Crippen LogP contribution in [0.4, 0.5) is 0 Å². The van der Waals surface area contributed by atoms with Crippen molar-refractivity contribution < 1.29 is 55.0 Å². The number of pyridine rings is 6. The molecular weight excluding hydrogens is 845 g/mol. The molecule has 0 aromatic carbocycles. The van der Waals surface area contributed by atoms with Crippen LogP contribution in [0.15, 0.2) is 110 Å². The smallest absolute Gasteiger partial charge is 0 e. The predicted molar refractivity (Wildman–Crippen MR) is 190 cm³/mol. The number of aromatic carboxylic acids is 1. The summed E-state index contributed by atoms with van der Waals surface area (Å²) < 4.78 is 16.9. The van der Waals surface area contributed by atoms with Crippen molar-refractivity contribution in [3.63, 3.8) is 0 Å². The van der Waals surface area contributed by atoms with Gasteiger partial charge in [-0.15, -0.1) is 10.1 Å². The van der Waals surface area contributed by atoms with Crippen LogP contribution < -0.4 is 0 Å². The summed E-state index contributed by atoms with van der Waals surface area (Å²) >= 11 is -1.62. The summed E-state index contributed by atoms with van der Waals surface area (Å²) in [5, 5.41) is 22.5. The first-order valence-electron chi connectivity index (χ1n) is 14.9. The average molecular weight is 879 g/mol. The molecule has 2 N–H and O–H groups in total. The Balaban J connectivity index is 0.000000362. The molecule has 0 spiro atoms. The van der Waals surface area contributed by atoms with Crippen molar-refractivity contribution in [3.05, 3.63) is 153 Å². The van der Waals surface area contributed by atoms with Gasteiger partial charge in [-0.25, -0.2) is 4.79 Å². The Kier molecular flexibility index (Phi) is 20.7. The number of carbonyl (C=O) groups is 2. The zero-order valence-electron chi connectivity index (χ0n) is 28.7. The van der Waals surface area contributed by atoms with Gasteiger partial charge in [-0.3, -0.25) is 34.7 Å². The van der Waals surface area contributed by atoms with E-state index in [-0.39, 0.29) is 27.9 Å². The van der Waals surface area contributed by atoms with E-state index in [9.17, 15) is 9.59 Å². The molecule has 277 valence electrons. The minimum Gasteiger partial charge on any atom is 0 e. The van der Waals surface area contributed by atoms with E-state index in [1.54, 1.807) is 30.7 Å². The van der Waals surface area contributed by atoms with E-state index < -0.39 is 25.9 Å². The van der Waals surface area contributed by atoms with Gasteiger partial charge in [0.05, 0.1) is 39.7 Å². The third-order valence-electron chi connectivity index (χ3n) is 6.38. The molecule has 0 amide bonds. The van der Waals surface area contributed by atoms with E-state index in [1.807, 2.05) is 74.8 Å².